The van der Waals surface area contributed by atoms with Crippen molar-refractivity contribution >= 4 is 10.9 Å². The maximum atomic E-state index is 4.02. The van der Waals surface area contributed by atoms with Gasteiger partial charge in [0.25, 0.3) is 0 Å². The summed E-state index contributed by atoms with van der Waals surface area (Å²) in [5.74, 6) is 0. The van der Waals surface area contributed by atoms with Crippen LogP contribution in [0.2, 0.25) is 0 Å². The average Bonchev–Trinajstić information content (AvgIpc) is 2.77. The first-order valence-corrected chi connectivity index (χ1v) is 5.99. The Morgan fingerprint density at radius 3 is 2.88 bits per heavy atom. The first-order chi connectivity index (χ1) is 7.83. The first-order valence-electron chi connectivity index (χ1n) is 5.99. The predicted molar refractivity (Wildman–Crippen MR) is 67.3 cm³/mol. The number of fused-ring (bicyclic) bond motifs is 1. The normalized spacial score (nSPS) is 11.4. The van der Waals surface area contributed by atoms with Gasteiger partial charge in [0, 0.05) is 18.0 Å². The van der Waals surface area contributed by atoms with Crippen molar-refractivity contribution in [2.24, 2.45) is 0 Å². The van der Waals surface area contributed by atoms with Gasteiger partial charge >= 0.3 is 0 Å². The quantitative estimate of drug-likeness (QED) is 0.808. The lowest BCUT2D eigenvalue weighted by molar-refractivity contribution is 0.484. The molecule has 0 saturated heterocycles. The van der Waals surface area contributed by atoms with Crippen molar-refractivity contribution in [3.63, 3.8) is 0 Å². The van der Waals surface area contributed by atoms with Crippen molar-refractivity contribution in [1.29, 1.82) is 0 Å². The van der Waals surface area contributed by atoms with Crippen molar-refractivity contribution in [1.82, 2.24) is 15.5 Å². The van der Waals surface area contributed by atoms with Crippen LogP contribution >= 0.6 is 0 Å². The van der Waals surface area contributed by atoms with E-state index in [9.17, 15) is 0 Å². The van der Waals surface area contributed by atoms with Gasteiger partial charge in [-0.1, -0.05) is 26.0 Å². The molecule has 1 heterocycles. The van der Waals surface area contributed by atoms with Gasteiger partial charge in [-0.05, 0) is 24.5 Å². The second-order valence-corrected chi connectivity index (χ2v) is 4.19. The molecule has 1 aromatic heterocycles. The Morgan fingerprint density at radius 1 is 1.31 bits per heavy atom. The molecule has 0 amide bonds. The van der Waals surface area contributed by atoms with Gasteiger partial charge in [0.2, 0.25) is 0 Å². The Hall–Kier alpha value is -1.35. The summed E-state index contributed by atoms with van der Waals surface area (Å²) >= 11 is 0. The smallest absolute Gasteiger partial charge is 0.0653 e. The molecular weight excluding hydrogens is 198 g/mol. The van der Waals surface area contributed by atoms with Crippen LogP contribution in [0.4, 0.5) is 0 Å². The lowest BCUT2D eigenvalue weighted by Gasteiger charge is -2.14. The van der Waals surface area contributed by atoms with Crippen LogP contribution in [0.5, 0.6) is 0 Å². The fourth-order valence-corrected chi connectivity index (χ4v) is 1.93. The number of aromatic nitrogens is 2. The summed E-state index contributed by atoms with van der Waals surface area (Å²) in [5.41, 5.74) is 2.42. The van der Waals surface area contributed by atoms with Crippen LogP contribution in [0.3, 0.4) is 0 Å². The molecule has 0 aliphatic heterocycles. The van der Waals surface area contributed by atoms with Crippen molar-refractivity contribution < 1.29 is 0 Å². The molecule has 2 aromatic rings. The minimum Gasteiger partial charge on any atom is -0.310 e. The lowest BCUT2D eigenvalue weighted by Crippen LogP contribution is -2.26. The van der Waals surface area contributed by atoms with Crippen LogP contribution in [0.25, 0.3) is 10.9 Å². The van der Waals surface area contributed by atoms with Crippen LogP contribution < -0.4 is 5.32 Å². The number of nitrogens with zero attached hydrogens (tertiary/aromatic N) is 1. The zero-order chi connectivity index (χ0) is 11.4. The third-order valence-electron chi connectivity index (χ3n) is 3.09. The molecule has 3 nitrogen and oxygen atoms in total. The van der Waals surface area contributed by atoms with Gasteiger partial charge < -0.3 is 5.32 Å². The minimum absolute atomic E-state index is 0.623. The molecule has 0 atom stereocenters. The summed E-state index contributed by atoms with van der Waals surface area (Å²) in [6.45, 7) is 5.37. The van der Waals surface area contributed by atoms with E-state index >= 15 is 0 Å². The highest BCUT2D eigenvalue weighted by atomic mass is 15.1. The van der Waals surface area contributed by atoms with Gasteiger partial charge in [0.1, 0.15) is 0 Å². The molecule has 16 heavy (non-hydrogen) atoms. The van der Waals surface area contributed by atoms with Gasteiger partial charge in [0.05, 0.1) is 11.7 Å². The second-order valence-electron chi connectivity index (χ2n) is 4.19. The molecule has 86 valence electrons. The SMILES string of the molecule is CCC(CC)NCc1ccc2cn[nH]c2c1. The summed E-state index contributed by atoms with van der Waals surface area (Å²) in [7, 11) is 0. The predicted octanol–water partition coefficient (Wildman–Crippen LogP) is 2.84. The molecule has 0 bridgehead atoms. The molecule has 0 spiro atoms. The Kier molecular flexibility index (Phi) is 3.57. The minimum atomic E-state index is 0.623. The molecule has 0 fully saturated rings. The summed E-state index contributed by atoms with van der Waals surface area (Å²) in [6.07, 6.45) is 4.22. The monoisotopic (exact) mass is 217 g/mol. The molecule has 0 saturated carbocycles. The zero-order valence-electron chi connectivity index (χ0n) is 9.96. The molecule has 0 unspecified atom stereocenters. The number of nitrogens with one attached hydrogen (secondary N) is 2. The fourth-order valence-electron chi connectivity index (χ4n) is 1.93. The van der Waals surface area contributed by atoms with E-state index in [1.807, 2.05) is 6.20 Å². The summed E-state index contributed by atoms with van der Waals surface area (Å²) in [5, 5.41) is 11.8. The van der Waals surface area contributed by atoms with E-state index in [0.29, 0.717) is 6.04 Å². The van der Waals surface area contributed by atoms with E-state index in [4.69, 9.17) is 0 Å². The Morgan fingerprint density at radius 2 is 2.12 bits per heavy atom. The topological polar surface area (TPSA) is 40.7 Å². The maximum absolute atomic E-state index is 4.02. The highest BCUT2D eigenvalue weighted by Gasteiger charge is 2.03. The van der Waals surface area contributed by atoms with Gasteiger partial charge in [-0.3, -0.25) is 5.10 Å². The maximum Gasteiger partial charge on any atom is 0.0653 e. The molecular formula is C13H19N3. The van der Waals surface area contributed by atoms with E-state index in [0.717, 1.165) is 12.1 Å². The average molecular weight is 217 g/mol. The molecule has 0 aliphatic rings. The number of hydrogen-bond acceptors (Lipinski definition) is 2. The van der Waals surface area contributed by atoms with Crippen LogP contribution in [0, 0.1) is 0 Å². The van der Waals surface area contributed by atoms with Gasteiger partial charge in [-0.2, -0.15) is 5.10 Å². The summed E-state index contributed by atoms with van der Waals surface area (Å²) in [4.78, 5) is 0. The molecule has 0 radical (unpaired) electrons. The van der Waals surface area contributed by atoms with Crippen LogP contribution in [0.1, 0.15) is 32.3 Å². The largest absolute Gasteiger partial charge is 0.310 e. The van der Waals surface area contributed by atoms with E-state index < -0.39 is 0 Å². The Bertz CT molecular complexity index is 443. The third-order valence-corrected chi connectivity index (χ3v) is 3.09. The Labute approximate surface area is 96.2 Å². The van der Waals surface area contributed by atoms with Crippen molar-refractivity contribution in [3.05, 3.63) is 30.0 Å². The van der Waals surface area contributed by atoms with Gasteiger partial charge in [-0.15, -0.1) is 0 Å². The second kappa shape index (κ2) is 5.12. The number of aromatic amines is 1. The highest BCUT2D eigenvalue weighted by Crippen LogP contribution is 2.12. The number of benzene rings is 1. The Balaban J connectivity index is 2.03. The van der Waals surface area contributed by atoms with E-state index in [1.54, 1.807) is 0 Å². The number of H-pyrrole nitrogens is 1. The highest BCUT2D eigenvalue weighted by molar-refractivity contribution is 5.78. The van der Waals surface area contributed by atoms with E-state index in [-0.39, 0.29) is 0 Å². The third kappa shape index (κ3) is 2.42. The van der Waals surface area contributed by atoms with Crippen LogP contribution in [-0.4, -0.2) is 16.2 Å². The molecule has 1 aromatic carbocycles. The standard InChI is InChI=1S/C13H19N3/c1-3-12(4-2)14-8-10-5-6-11-9-15-16-13(11)7-10/h5-7,9,12,14H,3-4,8H2,1-2H3,(H,15,16). The number of hydrogen-bond donors (Lipinski definition) is 2. The number of rotatable bonds is 5. The molecule has 2 rings (SSSR count). The van der Waals surface area contributed by atoms with Crippen LogP contribution in [-0.2, 0) is 6.54 Å². The lowest BCUT2D eigenvalue weighted by atomic mass is 10.1. The van der Waals surface area contributed by atoms with Crippen molar-refractivity contribution in [2.45, 2.75) is 39.3 Å². The van der Waals surface area contributed by atoms with E-state index in [2.05, 4.69) is 47.6 Å². The van der Waals surface area contributed by atoms with Crippen LogP contribution in [0.15, 0.2) is 24.4 Å². The molecule has 3 heteroatoms. The van der Waals surface area contributed by atoms with Crippen molar-refractivity contribution in [2.75, 3.05) is 0 Å². The zero-order valence-corrected chi connectivity index (χ0v) is 9.96. The molecule has 2 N–H and O–H groups in total. The van der Waals surface area contributed by atoms with Crippen molar-refractivity contribution in [3.8, 4) is 0 Å². The van der Waals surface area contributed by atoms with E-state index in [1.165, 1.54) is 23.8 Å². The molecule has 0 aliphatic carbocycles. The summed E-state index contributed by atoms with van der Waals surface area (Å²) in [6, 6.07) is 7.06. The first kappa shape index (κ1) is 11.1. The summed E-state index contributed by atoms with van der Waals surface area (Å²) < 4.78 is 0. The fraction of sp³-hybridized carbons (Fsp3) is 0.462. The van der Waals surface area contributed by atoms with Gasteiger partial charge in [-0.25, -0.2) is 0 Å². The van der Waals surface area contributed by atoms with Gasteiger partial charge in [0.15, 0.2) is 0 Å².